The van der Waals surface area contributed by atoms with E-state index in [2.05, 4.69) is 31.0 Å². The molecule has 2 heterocycles. The summed E-state index contributed by atoms with van der Waals surface area (Å²) < 4.78 is 13.4. The van der Waals surface area contributed by atoms with Gasteiger partial charge in [-0.1, -0.05) is 25.1 Å². The highest BCUT2D eigenvalue weighted by atomic mass is 19.1. The normalized spacial score (nSPS) is 18.7. The number of hydrogen-bond acceptors (Lipinski definition) is 1. The van der Waals surface area contributed by atoms with Gasteiger partial charge in [0.05, 0.1) is 11.7 Å². The van der Waals surface area contributed by atoms with Crippen LogP contribution in [0, 0.1) is 5.82 Å². The third-order valence-corrected chi connectivity index (χ3v) is 5.53. The molecule has 4 rings (SSSR count). The molecule has 0 saturated carbocycles. The van der Waals surface area contributed by atoms with Gasteiger partial charge >= 0.3 is 0 Å². The van der Waals surface area contributed by atoms with Gasteiger partial charge in [0.25, 0.3) is 0 Å². The first-order chi connectivity index (χ1) is 12.6. The van der Waals surface area contributed by atoms with Crippen molar-refractivity contribution in [3.05, 3.63) is 59.9 Å². The molecule has 2 unspecified atom stereocenters. The van der Waals surface area contributed by atoms with Crippen LogP contribution in [-0.2, 0) is 4.79 Å². The summed E-state index contributed by atoms with van der Waals surface area (Å²) >= 11 is 0. The molecule has 1 aliphatic rings. The number of nitrogens with one attached hydrogen (secondary N) is 1. The first-order valence-electron chi connectivity index (χ1n) is 9.28. The fraction of sp³-hybridized carbons (Fsp3) is 0.318. The molecule has 2 atom stereocenters. The van der Waals surface area contributed by atoms with Crippen LogP contribution in [0.25, 0.3) is 22.2 Å². The van der Waals surface area contributed by atoms with Gasteiger partial charge in [-0.15, -0.1) is 0 Å². The zero-order valence-electron chi connectivity index (χ0n) is 15.1. The average molecular weight is 350 g/mol. The van der Waals surface area contributed by atoms with Crippen molar-refractivity contribution in [1.82, 2.24) is 9.88 Å². The van der Waals surface area contributed by atoms with E-state index in [1.165, 1.54) is 12.1 Å². The summed E-state index contributed by atoms with van der Waals surface area (Å²) in [6.07, 6.45) is 2.33. The second-order valence-electron chi connectivity index (χ2n) is 7.08. The first-order valence-corrected chi connectivity index (χ1v) is 9.28. The van der Waals surface area contributed by atoms with Crippen molar-refractivity contribution >= 4 is 16.8 Å². The molecule has 4 heteroatoms. The Morgan fingerprint density at radius 1 is 1.19 bits per heavy atom. The van der Waals surface area contributed by atoms with Crippen molar-refractivity contribution in [3.8, 4) is 11.3 Å². The number of likely N-dealkylation sites (tertiary alicyclic amines) is 1. The Bertz CT molecular complexity index is 944. The Morgan fingerprint density at radius 3 is 2.65 bits per heavy atom. The highest BCUT2D eigenvalue weighted by Crippen LogP contribution is 2.43. The van der Waals surface area contributed by atoms with Crippen molar-refractivity contribution in [1.29, 1.82) is 0 Å². The number of rotatable bonds is 4. The number of para-hydroxylation sites is 1. The molecular formula is C22H23FN2O. The van der Waals surface area contributed by atoms with Crippen molar-refractivity contribution in [2.75, 3.05) is 0 Å². The standard InChI is InChI=1S/C22H23FN2O/c1-3-14(2)25-19(12-13-20(25)26)21-17-6-4-5-7-18(17)24-22(21)15-8-10-16(23)11-9-15/h4-11,14,19,24H,3,12-13H2,1-2H3. The largest absolute Gasteiger partial charge is 0.354 e. The molecule has 0 aliphatic carbocycles. The van der Waals surface area contributed by atoms with Gasteiger partial charge in [0.1, 0.15) is 5.82 Å². The fourth-order valence-electron chi connectivity index (χ4n) is 4.09. The molecule has 1 aromatic heterocycles. The molecule has 1 N–H and O–H groups in total. The molecule has 134 valence electrons. The number of halogens is 1. The summed E-state index contributed by atoms with van der Waals surface area (Å²) in [5.41, 5.74) is 4.13. The number of fused-ring (bicyclic) bond motifs is 1. The molecule has 1 amide bonds. The van der Waals surface area contributed by atoms with E-state index in [4.69, 9.17) is 0 Å². The number of hydrogen-bond donors (Lipinski definition) is 1. The lowest BCUT2D eigenvalue weighted by atomic mass is 9.96. The van der Waals surface area contributed by atoms with Crippen LogP contribution in [0.1, 0.15) is 44.7 Å². The molecule has 3 aromatic rings. The van der Waals surface area contributed by atoms with Crippen molar-refractivity contribution in [2.24, 2.45) is 0 Å². The SMILES string of the molecule is CCC(C)N1C(=O)CCC1c1c(-c2ccc(F)cc2)[nH]c2ccccc12. The molecule has 0 radical (unpaired) electrons. The Labute approximate surface area is 152 Å². The number of carbonyl (C=O) groups is 1. The van der Waals surface area contributed by atoms with Crippen LogP contribution in [0.3, 0.4) is 0 Å². The van der Waals surface area contributed by atoms with E-state index in [1.54, 1.807) is 12.1 Å². The van der Waals surface area contributed by atoms with Crippen LogP contribution < -0.4 is 0 Å². The van der Waals surface area contributed by atoms with Crippen LogP contribution in [0.2, 0.25) is 0 Å². The molecule has 0 bridgehead atoms. The minimum atomic E-state index is -0.247. The minimum absolute atomic E-state index is 0.0497. The van der Waals surface area contributed by atoms with E-state index in [-0.39, 0.29) is 23.8 Å². The Kier molecular flexibility index (Phi) is 4.27. The third kappa shape index (κ3) is 2.70. The number of aromatic amines is 1. The quantitative estimate of drug-likeness (QED) is 0.668. The summed E-state index contributed by atoms with van der Waals surface area (Å²) in [7, 11) is 0. The molecule has 1 saturated heterocycles. The van der Waals surface area contributed by atoms with E-state index in [0.717, 1.165) is 40.6 Å². The number of nitrogens with zero attached hydrogens (tertiary/aromatic N) is 1. The van der Waals surface area contributed by atoms with Crippen LogP contribution in [0.5, 0.6) is 0 Å². The van der Waals surface area contributed by atoms with Crippen LogP contribution in [0.15, 0.2) is 48.5 Å². The van der Waals surface area contributed by atoms with Gasteiger partial charge in [0.15, 0.2) is 0 Å². The van der Waals surface area contributed by atoms with E-state index < -0.39 is 0 Å². The zero-order chi connectivity index (χ0) is 18.3. The van der Waals surface area contributed by atoms with Crippen LogP contribution >= 0.6 is 0 Å². The highest BCUT2D eigenvalue weighted by Gasteiger charge is 2.37. The van der Waals surface area contributed by atoms with Gasteiger partial charge < -0.3 is 9.88 Å². The summed E-state index contributed by atoms with van der Waals surface area (Å²) in [5.74, 6) is -0.0247. The predicted molar refractivity (Wildman–Crippen MR) is 102 cm³/mol. The van der Waals surface area contributed by atoms with Gasteiger partial charge in [-0.25, -0.2) is 4.39 Å². The monoisotopic (exact) mass is 350 g/mol. The van der Waals surface area contributed by atoms with Crippen molar-refractivity contribution < 1.29 is 9.18 Å². The minimum Gasteiger partial charge on any atom is -0.354 e. The number of aromatic nitrogens is 1. The van der Waals surface area contributed by atoms with Crippen molar-refractivity contribution in [3.63, 3.8) is 0 Å². The zero-order valence-corrected chi connectivity index (χ0v) is 15.1. The van der Waals surface area contributed by atoms with E-state index in [9.17, 15) is 9.18 Å². The van der Waals surface area contributed by atoms with Gasteiger partial charge in [0, 0.05) is 28.9 Å². The summed E-state index contributed by atoms with van der Waals surface area (Å²) in [5, 5.41) is 1.14. The third-order valence-electron chi connectivity index (χ3n) is 5.53. The molecule has 1 aliphatic heterocycles. The first kappa shape index (κ1) is 16.8. The van der Waals surface area contributed by atoms with Gasteiger partial charge in [-0.05, 0) is 55.7 Å². The number of benzene rings is 2. The highest BCUT2D eigenvalue weighted by molar-refractivity contribution is 5.92. The average Bonchev–Trinajstić information content (AvgIpc) is 3.22. The van der Waals surface area contributed by atoms with Crippen molar-refractivity contribution in [2.45, 2.75) is 45.2 Å². The maximum atomic E-state index is 13.4. The maximum absolute atomic E-state index is 13.4. The molecule has 0 spiro atoms. The second kappa shape index (κ2) is 6.60. The van der Waals surface area contributed by atoms with Gasteiger partial charge in [-0.2, -0.15) is 0 Å². The number of H-pyrrole nitrogens is 1. The summed E-state index contributed by atoms with van der Waals surface area (Å²) in [4.78, 5) is 18.1. The summed E-state index contributed by atoms with van der Waals surface area (Å²) in [6.45, 7) is 4.23. The Morgan fingerprint density at radius 2 is 1.92 bits per heavy atom. The smallest absolute Gasteiger partial charge is 0.223 e. The Hall–Kier alpha value is -2.62. The fourth-order valence-corrected chi connectivity index (χ4v) is 4.09. The van der Waals surface area contributed by atoms with E-state index in [1.807, 2.05) is 17.0 Å². The lowest BCUT2D eigenvalue weighted by Gasteiger charge is -2.31. The van der Waals surface area contributed by atoms with Gasteiger partial charge in [-0.3, -0.25) is 4.79 Å². The second-order valence-corrected chi connectivity index (χ2v) is 7.08. The maximum Gasteiger partial charge on any atom is 0.223 e. The van der Waals surface area contributed by atoms with E-state index in [0.29, 0.717) is 6.42 Å². The number of carbonyl (C=O) groups excluding carboxylic acids is 1. The molecule has 26 heavy (non-hydrogen) atoms. The topological polar surface area (TPSA) is 36.1 Å². The molecule has 2 aromatic carbocycles. The van der Waals surface area contributed by atoms with Gasteiger partial charge in [0.2, 0.25) is 5.91 Å². The Balaban J connectivity index is 1.92. The van der Waals surface area contributed by atoms with Crippen LogP contribution in [-0.4, -0.2) is 21.8 Å². The van der Waals surface area contributed by atoms with E-state index >= 15 is 0 Å². The predicted octanol–water partition coefficient (Wildman–Crippen LogP) is 5.44. The number of amides is 1. The molecular weight excluding hydrogens is 327 g/mol. The molecule has 3 nitrogen and oxygen atoms in total. The lowest BCUT2D eigenvalue weighted by molar-refractivity contribution is -0.131. The van der Waals surface area contributed by atoms with Crippen LogP contribution in [0.4, 0.5) is 4.39 Å². The summed E-state index contributed by atoms with van der Waals surface area (Å²) in [6, 6.07) is 15.0. The lowest BCUT2D eigenvalue weighted by Crippen LogP contribution is -2.35. The molecule has 1 fully saturated rings.